The number of hydrogen-bond acceptors (Lipinski definition) is 3. The van der Waals surface area contributed by atoms with Crippen LogP contribution in [0.25, 0.3) is 0 Å². The van der Waals surface area contributed by atoms with Crippen LogP contribution in [0.3, 0.4) is 0 Å². The molecular formula is C13H22ClN3O. The first-order chi connectivity index (χ1) is 8.66. The summed E-state index contributed by atoms with van der Waals surface area (Å²) in [6, 6.07) is 0. The number of hydrogen-bond donors (Lipinski definition) is 1. The molecule has 4 nitrogen and oxygen atoms in total. The maximum Gasteiger partial charge on any atom is 0.287 e. The molecule has 0 fully saturated rings. The summed E-state index contributed by atoms with van der Waals surface area (Å²) in [7, 11) is 1.59. The van der Waals surface area contributed by atoms with Gasteiger partial charge in [0.2, 0.25) is 0 Å². The van der Waals surface area contributed by atoms with Crippen LogP contribution in [0.1, 0.15) is 45.4 Å². The van der Waals surface area contributed by atoms with E-state index in [2.05, 4.69) is 17.3 Å². The molecule has 1 rings (SSSR count). The highest BCUT2D eigenvalue weighted by Crippen LogP contribution is 2.15. The molecule has 0 atom stereocenters. The predicted molar refractivity (Wildman–Crippen MR) is 76.4 cm³/mol. The fourth-order valence-electron chi connectivity index (χ4n) is 1.76. The molecule has 0 spiro atoms. The van der Waals surface area contributed by atoms with Crippen molar-refractivity contribution in [1.82, 2.24) is 9.78 Å². The van der Waals surface area contributed by atoms with Crippen molar-refractivity contribution in [2.24, 2.45) is 7.05 Å². The zero-order valence-corrected chi connectivity index (χ0v) is 12.0. The topological polar surface area (TPSA) is 46.9 Å². The second kappa shape index (κ2) is 8.14. The number of halogens is 1. The molecule has 0 radical (unpaired) electrons. The number of nitrogens with one attached hydrogen (secondary N) is 1. The Morgan fingerprint density at radius 3 is 2.67 bits per heavy atom. The van der Waals surface area contributed by atoms with E-state index in [0.717, 1.165) is 13.0 Å². The highest BCUT2D eigenvalue weighted by molar-refractivity contribution is 6.32. The molecule has 0 aliphatic heterocycles. The fraction of sp³-hybridized carbons (Fsp3) is 0.692. The number of rotatable bonds is 8. The van der Waals surface area contributed by atoms with Crippen molar-refractivity contribution in [2.75, 3.05) is 11.9 Å². The second-order valence-electron chi connectivity index (χ2n) is 4.50. The van der Waals surface area contributed by atoms with Crippen LogP contribution >= 0.6 is 11.6 Å². The van der Waals surface area contributed by atoms with E-state index >= 15 is 0 Å². The average molecular weight is 272 g/mol. The second-order valence-corrected chi connectivity index (χ2v) is 4.87. The maximum atomic E-state index is 11.5. The van der Waals surface area contributed by atoms with Gasteiger partial charge in [0, 0.05) is 13.6 Å². The predicted octanol–water partition coefficient (Wildman–Crippen LogP) is 3.21. The van der Waals surface area contributed by atoms with E-state index in [1.54, 1.807) is 13.2 Å². The molecule has 0 saturated heterocycles. The zero-order valence-electron chi connectivity index (χ0n) is 11.2. The van der Waals surface area contributed by atoms with Gasteiger partial charge in [-0.1, -0.05) is 50.6 Å². The van der Waals surface area contributed by atoms with Gasteiger partial charge in [0.1, 0.15) is 5.02 Å². The van der Waals surface area contributed by atoms with Crippen molar-refractivity contribution in [1.29, 1.82) is 0 Å². The molecular weight excluding hydrogens is 250 g/mol. The van der Waals surface area contributed by atoms with E-state index in [9.17, 15) is 4.79 Å². The summed E-state index contributed by atoms with van der Waals surface area (Å²) in [5, 5.41) is 7.32. The lowest BCUT2D eigenvalue weighted by Gasteiger charge is -2.08. The molecule has 0 unspecified atom stereocenters. The summed E-state index contributed by atoms with van der Waals surface area (Å²) in [5.74, 6) is 0. The van der Waals surface area contributed by atoms with Gasteiger partial charge in [0.25, 0.3) is 5.56 Å². The molecule has 1 aromatic rings. The van der Waals surface area contributed by atoms with Crippen LogP contribution in [0.4, 0.5) is 5.69 Å². The molecule has 0 bridgehead atoms. The number of aromatic nitrogens is 2. The van der Waals surface area contributed by atoms with E-state index < -0.39 is 0 Å². The molecule has 0 saturated carbocycles. The van der Waals surface area contributed by atoms with Gasteiger partial charge in [-0.3, -0.25) is 4.79 Å². The van der Waals surface area contributed by atoms with Gasteiger partial charge in [-0.15, -0.1) is 0 Å². The summed E-state index contributed by atoms with van der Waals surface area (Å²) < 4.78 is 1.23. The fourth-order valence-corrected chi connectivity index (χ4v) is 2.00. The maximum absolute atomic E-state index is 11.5. The molecule has 0 aliphatic rings. The first-order valence-corrected chi connectivity index (χ1v) is 7.00. The summed E-state index contributed by atoms with van der Waals surface area (Å²) in [6.07, 6.45) is 9.08. The van der Waals surface area contributed by atoms with Crippen molar-refractivity contribution < 1.29 is 0 Å². The standard InChI is InChI=1S/C13H22ClN3O/c1-3-4-5-6-7-8-9-15-11-10-16-17(2)13(18)12(11)14/h10,15H,3-9H2,1-2H3. The number of anilines is 1. The molecule has 1 N–H and O–H groups in total. The van der Waals surface area contributed by atoms with Gasteiger partial charge in [-0.05, 0) is 6.42 Å². The lowest BCUT2D eigenvalue weighted by molar-refractivity contribution is 0.616. The Bertz CT molecular complexity index is 417. The largest absolute Gasteiger partial charge is 0.382 e. The highest BCUT2D eigenvalue weighted by Gasteiger charge is 2.05. The van der Waals surface area contributed by atoms with Gasteiger partial charge in [0.15, 0.2) is 0 Å². The van der Waals surface area contributed by atoms with E-state index in [0.29, 0.717) is 5.69 Å². The van der Waals surface area contributed by atoms with Crippen LogP contribution in [-0.4, -0.2) is 16.3 Å². The van der Waals surface area contributed by atoms with Gasteiger partial charge in [-0.25, -0.2) is 4.68 Å². The quantitative estimate of drug-likeness (QED) is 0.739. The van der Waals surface area contributed by atoms with Crippen LogP contribution in [0.15, 0.2) is 11.0 Å². The van der Waals surface area contributed by atoms with Gasteiger partial charge < -0.3 is 5.32 Å². The van der Waals surface area contributed by atoms with E-state index in [-0.39, 0.29) is 10.6 Å². The Kier molecular flexibility index (Phi) is 6.80. The van der Waals surface area contributed by atoms with Gasteiger partial charge in [-0.2, -0.15) is 5.10 Å². The minimum absolute atomic E-state index is 0.221. The highest BCUT2D eigenvalue weighted by atomic mass is 35.5. The third-order valence-electron chi connectivity index (χ3n) is 2.92. The summed E-state index contributed by atoms with van der Waals surface area (Å²) >= 11 is 5.94. The molecule has 102 valence electrons. The minimum atomic E-state index is -0.260. The number of unbranched alkanes of at least 4 members (excludes halogenated alkanes) is 5. The summed E-state index contributed by atoms with van der Waals surface area (Å²) in [6.45, 7) is 3.05. The monoisotopic (exact) mass is 271 g/mol. The summed E-state index contributed by atoms with van der Waals surface area (Å²) in [5.41, 5.74) is 0.373. The normalized spacial score (nSPS) is 10.6. The lowest BCUT2D eigenvalue weighted by atomic mass is 10.1. The third kappa shape index (κ3) is 4.69. The van der Waals surface area contributed by atoms with Crippen molar-refractivity contribution in [2.45, 2.75) is 45.4 Å². The van der Waals surface area contributed by atoms with Crippen LogP contribution in [0.2, 0.25) is 5.02 Å². The number of nitrogens with zero attached hydrogens (tertiary/aromatic N) is 2. The van der Waals surface area contributed by atoms with Gasteiger partial charge in [0.05, 0.1) is 11.9 Å². The van der Waals surface area contributed by atoms with Crippen LogP contribution in [-0.2, 0) is 7.05 Å². The Hall–Kier alpha value is -1.03. The minimum Gasteiger partial charge on any atom is -0.382 e. The average Bonchev–Trinajstić information content (AvgIpc) is 2.37. The van der Waals surface area contributed by atoms with Crippen molar-refractivity contribution in [3.05, 3.63) is 21.6 Å². The molecule has 1 aromatic heterocycles. The molecule has 0 aromatic carbocycles. The van der Waals surface area contributed by atoms with Crippen molar-refractivity contribution in [3.63, 3.8) is 0 Å². The molecule has 0 aliphatic carbocycles. The Labute approximate surface area is 113 Å². The molecule has 0 amide bonds. The lowest BCUT2D eigenvalue weighted by Crippen LogP contribution is -2.21. The number of aryl methyl sites for hydroxylation is 1. The van der Waals surface area contributed by atoms with Crippen LogP contribution in [0.5, 0.6) is 0 Å². The Morgan fingerprint density at radius 1 is 1.28 bits per heavy atom. The smallest absolute Gasteiger partial charge is 0.287 e. The third-order valence-corrected chi connectivity index (χ3v) is 3.29. The van der Waals surface area contributed by atoms with Crippen LogP contribution in [0, 0.1) is 0 Å². The van der Waals surface area contributed by atoms with Crippen LogP contribution < -0.4 is 10.9 Å². The van der Waals surface area contributed by atoms with Crippen molar-refractivity contribution in [3.8, 4) is 0 Å². The summed E-state index contributed by atoms with van der Waals surface area (Å²) in [4.78, 5) is 11.5. The molecule has 18 heavy (non-hydrogen) atoms. The van der Waals surface area contributed by atoms with Gasteiger partial charge >= 0.3 is 0 Å². The Morgan fingerprint density at radius 2 is 1.94 bits per heavy atom. The SMILES string of the molecule is CCCCCCCCNc1cnn(C)c(=O)c1Cl. The zero-order chi connectivity index (χ0) is 13.4. The van der Waals surface area contributed by atoms with E-state index in [1.165, 1.54) is 36.8 Å². The van der Waals surface area contributed by atoms with E-state index in [4.69, 9.17) is 11.6 Å². The first kappa shape index (κ1) is 15.0. The molecule has 5 heteroatoms. The molecule has 1 heterocycles. The van der Waals surface area contributed by atoms with E-state index in [1.807, 2.05) is 0 Å². The Balaban J connectivity index is 2.28. The van der Waals surface area contributed by atoms with Crippen molar-refractivity contribution >= 4 is 17.3 Å². The first-order valence-electron chi connectivity index (χ1n) is 6.62.